The molecule has 0 spiro atoms. The highest BCUT2D eigenvalue weighted by Gasteiger charge is 2.30. The van der Waals surface area contributed by atoms with E-state index in [1.54, 1.807) is 11.1 Å². The molecular formula is C21H24BrN5O3. The maximum Gasteiger partial charge on any atom is 0.256 e. The number of carbonyl (C=O) groups excluding carboxylic acids is 3. The molecule has 2 fully saturated rings. The number of hydrogen-bond donors (Lipinski definition) is 2. The van der Waals surface area contributed by atoms with E-state index in [1.165, 1.54) is 6.08 Å². The van der Waals surface area contributed by atoms with Crippen LogP contribution >= 0.6 is 15.9 Å². The summed E-state index contributed by atoms with van der Waals surface area (Å²) >= 11 is 3.48. The van der Waals surface area contributed by atoms with Crippen molar-refractivity contribution in [3.63, 3.8) is 0 Å². The molecular weight excluding hydrogens is 450 g/mol. The lowest BCUT2D eigenvalue weighted by atomic mass is 10.1. The molecule has 0 bridgehead atoms. The molecule has 9 heteroatoms. The van der Waals surface area contributed by atoms with Gasteiger partial charge in [0.1, 0.15) is 6.54 Å². The number of piperazine rings is 1. The number of nitrogens with zero attached hydrogens (tertiary/aromatic N) is 3. The summed E-state index contributed by atoms with van der Waals surface area (Å²) in [5.74, 6) is -0.290. The Balaban J connectivity index is 1.50. The molecule has 0 unspecified atom stereocenters. The molecule has 1 aromatic carbocycles. The van der Waals surface area contributed by atoms with Crippen LogP contribution in [0.5, 0.6) is 0 Å². The number of nitrogens with one attached hydrogen (secondary N) is 2. The Kier molecular flexibility index (Phi) is 5.92. The van der Waals surface area contributed by atoms with Crippen molar-refractivity contribution in [3.05, 3.63) is 47.1 Å². The SMILES string of the molecule is C=CC(=O)N1CC(NC(=O)Cn2cc(C(=O)N3CCNCC3)c3cc(Br)ccc32)C1. The van der Waals surface area contributed by atoms with Crippen LogP contribution in [-0.2, 0) is 16.1 Å². The number of rotatable bonds is 5. The van der Waals surface area contributed by atoms with E-state index >= 15 is 0 Å². The predicted octanol–water partition coefficient (Wildman–Crippen LogP) is 0.962. The topological polar surface area (TPSA) is 86.7 Å². The maximum atomic E-state index is 13.1. The van der Waals surface area contributed by atoms with Crippen molar-refractivity contribution < 1.29 is 14.4 Å². The number of benzene rings is 1. The molecule has 3 heterocycles. The molecule has 4 rings (SSSR count). The zero-order valence-electron chi connectivity index (χ0n) is 16.6. The first kappa shape index (κ1) is 20.6. The Morgan fingerprint density at radius 1 is 1.20 bits per heavy atom. The normalized spacial score (nSPS) is 17.0. The van der Waals surface area contributed by atoms with Crippen LogP contribution in [0.3, 0.4) is 0 Å². The van der Waals surface area contributed by atoms with Crippen molar-refractivity contribution in [1.82, 2.24) is 25.0 Å². The lowest BCUT2D eigenvalue weighted by Crippen LogP contribution is -2.61. The Bertz CT molecular complexity index is 1010. The molecule has 2 aromatic rings. The van der Waals surface area contributed by atoms with Crippen molar-refractivity contribution in [3.8, 4) is 0 Å². The molecule has 30 heavy (non-hydrogen) atoms. The highest BCUT2D eigenvalue weighted by atomic mass is 79.9. The summed E-state index contributed by atoms with van der Waals surface area (Å²) in [6.45, 7) is 7.46. The number of amides is 3. The molecule has 0 saturated carbocycles. The average Bonchev–Trinajstić information content (AvgIpc) is 3.07. The van der Waals surface area contributed by atoms with Crippen LogP contribution in [-0.4, -0.2) is 77.4 Å². The van der Waals surface area contributed by atoms with E-state index < -0.39 is 0 Å². The lowest BCUT2D eigenvalue weighted by molar-refractivity contribution is -0.133. The molecule has 0 aliphatic carbocycles. The summed E-state index contributed by atoms with van der Waals surface area (Å²) in [5.41, 5.74) is 1.44. The third-order valence-corrected chi connectivity index (χ3v) is 6.02. The summed E-state index contributed by atoms with van der Waals surface area (Å²) in [6, 6.07) is 5.68. The summed E-state index contributed by atoms with van der Waals surface area (Å²) in [6.07, 6.45) is 3.05. The molecule has 0 radical (unpaired) electrons. The van der Waals surface area contributed by atoms with Gasteiger partial charge in [0.05, 0.1) is 11.6 Å². The monoisotopic (exact) mass is 473 g/mol. The van der Waals surface area contributed by atoms with E-state index in [-0.39, 0.29) is 30.3 Å². The van der Waals surface area contributed by atoms with Gasteiger partial charge in [0.15, 0.2) is 0 Å². The van der Waals surface area contributed by atoms with Gasteiger partial charge in [0.25, 0.3) is 5.91 Å². The van der Waals surface area contributed by atoms with Gasteiger partial charge >= 0.3 is 0 Å². The first-order chi connectivity index (χ1) is 14.5. The molecule has 2 N–H and O–H groups in total. The van der Waals surface area contributed by atoms with Crippen molar-refractivity contribution in [2.24, 2.45) is 0 Å². The highest BCUT2D eigenvalue weighted by molar-refractivity contribution is 9.10. The minimum absolute atomic E-state index is 0.0173. The smallest absolute Gasteiger partial charge is 0.256 e. The lowest BCUT2D eigenvalue weighted by Gasteiger charge is -2.38. The van der Waals surface area contributed by atoms with E-state index in [2.05, 4.69) is 33.1 Å². The summed E-state index contributed by atoms with van der Waals surface area (Å²) < 4.78 is 2.70. The van der Waals surface area contributed by atoms with E-state index in [0.717, 1.165) is 28.5 Å². The fourth-order valence-electron chi connectivity index (χ4n) is 3.92. The first-order valence-electron chi connectivity index (χ1n) is 9.95. The Labute approximate surface area is 183 Å². The molecule has 1 aromatic heterocycles. The minimum Gasteiger partial charge on any atom is -0.348 e. The average molecular weight is 474 g/mol. The van der Waals surface area contributed by atoms with Gasteiger partial charge in [-0.15, -0.1) is 0 Å². The highest BCUT2D eigenvalue weighted by Crippen LogP contribution is 2.26. The van der Waals surface area contributed by atoms with Gasteiger partial charge in [-0.25, -0.2) is 0 Å². The van der Waals surface area contributed by atoms with Crippen LogP contribution in [0.15, 0.2) is 41.5 Å². The van der Waals surface area contributed by atoms with Crippen LogP contribution in [0, 0.1) is 0 Å². The molecule has 8 nitrogen and oxygen atoms in total. The Morgan fingerprint density at radius 2 is 1.93 bits per heavy atom. The Morgan fingerprint density at radius 3 is 2.63 bits per heavy atom. The van der Waals surface area contributed by atoms with Gasteiger partial charge in [-0.05, 0) is 24.3 Å². The zero-order valence-corrected chi connectivity index (χ0v) is 18.2. The van der Waals surface area contributed by atoms with Crippen LogP contribution in [0.2, 0.25) is 0 Å². The van der Waals surface area contributed by atoms with Crippen molar-refractivity contribution >= 4 is 44.6 Å². The summed E-state index contributed by atoms with van der Waals surface area (Å²) in [5, 5.41) is 7.03. The first-order valence-corrected chi connectivity index (χ1v) is 10.7. The predicted molar refractivity (Wildman–Crippen MR) is 117 cm³/mol. The largest absolute Gasteiger partial charge is 0.348 e. The van der Waals surface area contributed by atoms with E-state index in [1.807, 2.05) is 27.7 Å². The number of halogens is 1. The van der Waals surface area contributed by atoms with Gasteiger partial charge in [0.2, 0.25) is 11.8 Å². The third-order valence-electron chi connectivity index (χ3n) is 5.52. The molecule has 2 aliphatic rings. The fourth-order valence-corrected chi connectivity index (χ4v) is 4.28. The van der Waals surface area contributed by atoms with Crippen LogP contribution in [0.1, 0.15) is 10.4 Å². The van der Waals surface area contributed by atoms with Crippen LogP contribution < -0.4 is 10.6 Å². The van der Waals surface area contributed by atoms with E-state index in [9.17, 15) is 14.4 Å². The number of hydrogen-bond acceptors (Lipinski definition) is 4. The van der Waals surface area contributed by atoms with Gasteiger partial charge in [-0.2, -0.15) is 0 Å². The number of carbonyl (C=O) groups is 3. The molecule has 2 aliphatic heterocycles. The second-order valence-electron chi connectivity index (χ2n) is 7.59. The standard InChI is InChI=1S/C21H24BrN5O3/c1-2-20(29)27-10-15(11-27)24-19(28)13-26-12-17(16-9-14(22)3-4-18(16)26)21(30)25-7-5-23-6-8-25/h2-4,9,12,15,23H,1,5-8,10-11,13H2,(H,24,28). The maximum absolute atomic E-state index is 13.1. The fraction of sp³-hybridized carbons (Fsp3) is 0.381. The molecule has 158 valence electrons. The number of aromatic nitrogens is 1. The molecule has 3 amide bonds. The molecule has 0 atom stereocenters. The Hall–Kier alpha value is -2.65. The number of likely N-dealkylation sites (tertiary alicyclic amines) is 1. The van der Waals surface area contributed by atoms with Crippen LogP contribution in [0.4, 0.5) is 0 Å². The van der Waals surface area contributed by atoms with Crippen molar-refractivity contribution in [2.75, 3.05) is 39.3 Å². The summed E-state index contributed by atoms with van der Waals surface area (Å²) in [7, 11) is 0. The second kappa shape index (κ2) is 8.61. The second-order valence-corrected chi connectivity index (χ2v) is 8.50. The van der Waals surface area contributed by atoms with Gasteiger partial charge in [0, 0.05) is 60.8 Å². The van der Waals surface area contributed by atoms with Crippen LogP contribution in [0.25, 0.3) is 10.9 Å². The quantitative estimate of drug-likeness (QED) is 0.633. The third kappa shape index (κ3) is 4.13. The van der Waals surface area contributed by atoms with E-state index in [0.29, 0.717) is 31.7 Å². The zero-order chi connectivity index (χ0) is 21.3. The molecule has 2 saturated heterocycles. The summed E-state index contributed by atoms with van der Waals surface area (Å²) in [4.78, 5) is 40.7. The number of fused-ring (bicyclic) bond motifs is 1. The van der Waals surface area contributed by atoms with Crippen molar-refractivity contribution in [1.29, 1.82) is 0 Å². The minimum atomic E-state index is -0.147. The van der Waals surface area contributed by atoms with Crippen molar-refractivity contribution in [2.45, 2.75) is 12.6 Å². The van der Waals surface area contributed by atoms with E-state index in [4.69, 9.17) is 0 Å². The van der Waals surface area contributed by atoms with Gasteiger partial charge in [-0.3, -0.25) is 14.4 Å². The van der Waals surface area contributed by atoms with Gasteiger partial charge < -0.3 is 25.0 Å². The van der Waals surface area contributed by atoms with Gasteiger partial charge in [-0.1, -0.05) is 22.5 Å².